The van der Waals surface area contributed by atoms with Gasteiger partial charge in [0.2, 0.25) is 11.9 Å². The normalized spacial score (nSPS) is 26.8. The molecule has 0 amide bonds. The van der Waals surface area contributed by atoms with Gasteiger partial charge >= 0.3 is 0 Å². The molecule has 2 unspecified atom stereocenters. The topological polar surface area (TPSA) is 169 Å². The smallest absolute Gasteiger partial charge is 0.289 e. The average Bonchev–Trinajstić information content (AvgIpc) is 3.15. The van der Waals surface area contributed by atoms with Gasteiger partial charge < -0.3 is 25.2 Å². The lowest BCUT2D eigenvalue weighted by Crippen LogP contribution is -2.39. The minimum absolute atomic E-state index is 0.0385. The standard InChI is InChI=1S/C15H21N5O6S/c1-6(2)12(23)20-13(24)8-11(18-15(20)16)19(5-17-8)14-10(27(3)25)9(22)7(4-21)26-14/h5-7,9-10,14,21-22H,4H2,1-3H3,(H2,16,18)/t7-,9-,10?,14-,27?/m1/s1. The Hall–Kier alpha value is -1.99. The van der Waals surface area contributed by atoms with Gasteiger partial charge in [0.1, 0.15) is 12.2 Å². The summed E-state index contributed by atoms with van der Waals surface area (Å²) in [6.45, 7) is 2.78. The van der Waals surface area contributed by atoms with E-state index >= 15 is 0 Å². The maximum absolute atomic E-state index is 12.7. The van der Waals surface area contributed by atoms with Gasteiger partial charge in [0.05, 0.1) is 19.2 Å². The van der Waals surface area contributed by atoms with Gasteiger partial charge in [0.25, 0.3) is 5.56 Å². The number of aliphatic hydroxyl groups excluding tert-OH is 2. The molecule has 2 aromatic heterocycles. The van der Waals surface area contributed by atoms with E-state index in [-0.39, 0.29) is 17.1 Å². The van der Waals surface area contributed by atoms with E-state index in [1.165, 1.54) is 17.2 Å². The molecule has 0 radical (unpaired) electrons. The van der Waals surface area contributed by atoms with Crippen molar-refractivity contribution in [3.05, 3.63) is 16.7 Å². The Balaban J connectivity index is 2.15. The number of carbonyl (C=O) groups is 1. The largest absolute Gasteiger partial charge is 0.616 e. The number of aromatic nitrogens is 4. The second-order valence-electron chi connectivity index (χ2n) is 6.63. The van der Waals surface area contributed by atoms with Crippen molar-refractivity contribution in [2.75, 3.05) is 18.6 Å². The highest BCUT2D eigenvalue weighted by Gasteiger charge is 2.50. The monoisotopic (exact) mass is 399 g/mol. The van der Waals surface area contributed by atoms with Crippen LogP contribution in [0.5, 0.6) is 0 Å². The zero-order chi connectivity index (χ0) is 20.0. The SMILES string of the molecule is CC(C)C(=O)n1c(N)nc2c(ncn2[C@@H]2O[C@H](CO)[C@@H](O)C2[S+](C)[O-])c1=O. The summed E-state index contributed by atoms with van der Waals surface area (Å²) in [5, 5.41) is 18.8. The van der Waals surface area contributed by atoms with Crippen molar-refractivity contribution < 1.29 is 24.3 Å². The molecule has 3 rings (SSSR count). The van der Waals surface area contributed by atoms with Crippen molar-refractivity contribution in [1.82, 2.24) is 19.1 Å². The number of aliphatic hydroxyl groups is 2. The molecule has 4 N–H and O–H groups in total. The zero-order valence-electron chi connectivity index (χ0n) is 15.0. The predicted molar refractivity (Wildman–Crippen MR) is 96.5 cm³/mol. The van der Waals surface area contributed by atoms with Crippen LogP contribution in [0.3, 0.4) is 0 Å². The number of imidazole rings is 1. The number of carbonyl (C=O) groups excluding carboxylic acids is 1. The quantitative estimate of drug-likeness (QED) is 0.516. The summed E-state index contributed by atoms with van der Waals surface area (Å²) in [7, 11) is 0. The van der Waals surface area contributed by atoms with Crippen LogP contribution in [0.1, 0.15) is 24.9 Å². The van der Waals surface area contributed by atoms with Crippen molar-refractivity contribution >= 4 is 34.2 Å². The van der Waals surface area contributed by atoms with Crippen LogP contribution in [0.15, 0.2) is 11.1 Å². The van der Waals surface area contributed by atoms with E-state index in [1.807, 2.05) is 0 Å². The average molecular weight is 399 g/mol. The Morgan fingerprint density at radius 2 is 2.19 bits per heavy atom. The minimum atomic E-state index is -1.51. The van der Waals surface area contributed by atoms with E-state index in [9.17, 15) is 24.4 Å². The number of hydrogen-bond donors (Lipinski definition) is 3. The maximum atomic E-state index is 12.7. The van der Waals surface area contributed by atoms with Crippen molar-refractivity contribution in [2.24, 2.45) is 5.92 Å². The number of nitrogens with zero attached hydrogens (tertiary/aromatic N) is 4. The summed E-state index contributed by atoms with van der Waals surface area (Å²) in [6, 6.07) is 0. The van der Waals surface area contributed by atoms with Gasteiger partial charge in [-0.25, -0.2) is 9.55 Å². The van der Waals surface area contributed by atoms with Gasteiger partial charge in [-0.1, -0.05) is 13.8 Å². The summed E-state index contributed by atoms with van der Waals surface area (Å²) in [4.78, 5) is 33.0. The molecular formula is C15H21N5O6S. The predicted octanol–water partition coefficient (Wildman–Crippen LogP) is -1.53. The Morgan fingerprint density at radius 1 is 1.52 bits per heavy atom. The van der Waals surface area contributed by atoms with Crippen molar-refractivity contribution in [3.63, 3.8) is 0 Å². The molecule has 1 aliphatic rings. The fourth-order valence-electron chi connectivity index (χ4n) is 3.09. The van der Waals surface area contributed by atoms with Gasteiger partial charge in [-0.2, -0.15) is 4.98 Å². The highest BCUT2D eigenvalue weighted by Crippen LogP contribution is 2.35. The van der Waals surface area contributed by atoms with Crippen LogP contribution in [0, 0.1) is 5.92 Å². The Morgan fingerprint density at radius 3 is 2.74 bits per heavy atom. The van der Waals surface area contributed by atoms with Crippen molar-refractivity contribution in [2.45, 2.75) is 37.5 Å². The summed E-state index contributed by atoms with van der Waals surface area (Å²) in [6.07, 6.45) is -0.445. The molecule has 1 fully saturated rings. The molecule has 1 aliphatic heterocycles. The van der Waals surface area contributed by atoms with E-state index in [1.54, 1.807) is 13.8 Å². The summed E-state index contributed by atoms with van der Waals surface area (Å²) < 4.78 is 19.8. The van der Waals surface area contributed by atoms with Crippen LogP contribution in [0.25, 0.3) is 11.2 Å². The first-order valence-corrected chi connectivity index (χ1v) is 9.87. The Labute approximate surface area is 157 Å². The summed E-state index contributed by atoms with van der Waals surface area (Å²) >= 11 is -1.51. The van der Waals surface area contributed by atoms with Crippen LogP contribution in [0.4, 0.5) is 5.95 Å². The second kappa shape index (κ2) is 7.20. The molecule has 3 heterocycles. The fraction of sp³-hybridized carbons (Fsp3) is 0.600. The number of rotatable bonds is 4. The summed E-state index contributed by atoms with van der Waals surface area (Å²) in [5.74, 6) is -1.29. The minimum Gasteiger partial charge on any atom is -0.616 e. The lowest BCUT2D eigenvalue weighted by atomic mass is 10.2. The van der Waals surface area contributed by atoms with E-state index in [0.717, 1.165) is 4.57 Å². The molecule has 0 aliphatic carbocycles. The molecular weight excluding hydrogens is 378 g/mol. The molecule has 11 nitrogen and oxygen atoms in total. The number of ether oxygens (including phenoxy) is 1. The molecule has 0 aromatic carbocycles. The molecule has 2 aromatic rings. The lowest BCUT2D eigenvalue weighted by molar-refractivity contribution is -0.0431. The molecule has 0 saturated carbocycles. The molecule has 0 spiro atoms. The van der Waals surface area contributed by atoms with Crippen LogP contribution in [0.2, 0.25) is 0 Å². The number of nitrogen functional groups attached to an aromatic ring is 1. The van der Waals surface area contributed by atoms with Crippen molar-refractivity contribution in [1.29, 1.82) is 0 Å². The molecule has 0 bridgehead atoms. The number of hydrogen-bond acceptors (Lipinski definition) is 9. The van der Waals surface area contributed by atoms with Crippen molar-refractivity contribution in [3.8, 4) is 0 Å². The molecule has 1 saturated heterocycles. The van der Waals surface area contributed by atoms with Gasteiger partial charge in [-0.3, -0.25) is 14.2 Å². The Bertz CT molecular complexity index is 925. The number of fused-ring (bicyclic) bond motifs is 1. The van der Waals surface area contributed by atoms with Gasteiger partial charge in [0, 0.05) is 5.92 Å². The Kier molecular flexibility index (Phi) is 5.27. The van der Waals surface area contributed by atoms with E-state index in [2.05, 4.69) is 9.97 Å². The number of nitrogens with two attached hydrogens (primary N) is 1. The first-order chi connectivity index (χ1) is 12.7. The molecule has 27 heavy (non-hydrogen) atoms. The third-order valence-electron chi connectivity index (χ3n) is 4.49. The highest BCUT2D eigenvalue weighted by atomic mass is 32.2. The van der Waals surface area contributed by atoms with Gasteiger partial charge in [-0.15, -0.1) is 0 Å². The summed E-state index contributed by atoms with van der Waals surface area (Å²) in [5.41, 5.74) is 5.04. The zero-order valence-corrected chi connectivity index (χ0v) is 15.8. The van der Waals surface area contributed by atoms with Crippen LogP contribution in [-0.4, -0.2) is 70.1 Å². The van der Waals surface area contributed by atoms with E-state index in [4.69, 9.17) is 10.5 Å². The lowest BCUT2D eigenvalue weighted by Gasteiger charge is -2.22. The first-order valence-electron chi connectivity index (χ1n) is 8.24. The fourth-order valence-corrected chi connectivity index (χ4v) is 4.19. The third kappa shape index (κ3) is 3.12. The van der Waals surface area contributed by atoms with E-state index in [0.29, 0.717) is 0 Å². The second-order valence-corrected chi connectivity index (χ2v) is 8.17. The highest BCUT2D eigenvalue weighted by molar-refractivity contribution is 7.91. The van der Waals surface area contributed by atoms with Gasteiger partial charge in [-0.05, 0) is 11.2 Å². The van der Waals surface area contributed by atoms with Crippen LogP contribution >= 0.6 is 0 Å². The molecule has 12 heteroatoms. The molecule has 148 valence electrons. The number of anilines is 1. The maximum Gasteiger partial charge on any atom is 0.289 e. The van der Waals surface area contributed by atoms with Crippen LogP contribution in [-0.2, 0) is 15.9 Å². The van der Waals surface area contributed by atoms with Gasteiger partial charge in [0.15, 0.2) is 22.6 Å². The van der Waals surface area contributed by atoms with E-state index < -0.39 is 58.9 Å². The third-order valence-corrected chi connectivity index (χ3v) is 5.77. The molecule has 5 atom stereocenters. The van der Waals surface area contributed by atoms with Crippen LogP contribution < -0.4 is 11.3 Å². The first kappa shape index (κ1) is 19.8.